The van der Waals surface area contributed by atoms with Crippen LogP contribution in [0.15, 0.2) is 22.2 Å². The van der Waals surface area contributed by atoms with E-state index in [0.29, 0.717) is 11.8 Å². The molecule has 0 aliphatic rings. The molecule has 14 heteroatoms. The van der Waals surface area contributed by atoms with E-state index in [1.54, 1.807) is 0 Å². The molecule has 0 saturated carbocycles. The summed E-state index contributed by atoms with van der Waals surface area (Å²) in [5, 5.41) is 34.5. The topological polar surface area (TPSA) is 137 Å². The van der Waals surface area contributed by atoms with Gasteiger partial charge in [0.1, 0.15) is 0 Å². The number of halogens is 3. The van der Waals surface area contributed by atoms with E-state index >= 15 is 0 Å². The van der Waals surface area contributed by atoms with Crippen LogP contribution in [-0.4, -0.2) is 29.7 Å². The van der Waals surface area contributed by atoms with Crippen molar-refractivity contribution in [3.8, 4) is 6.01 Å². The maximum atomic E-state index is 12.8. The SMILES string of the molecule is Cn1nc(O)nc1Sc1c([N+](=O)[O-])cc(C(F)(F)F)cc1[N+](=O)[O-]. The Labute approximate surface area is 134 Å². The number of aryl methyl sites for hydroxylation is 1. The summed E-state index contributed by atoms with van der Waals surface area (Å²) >= 11 is 0.343. The van der Waals surface area contributed by atoms with Crippen molar-refractivity contribution in [1.82, 2.24) is 14.8 Å². The third-order valence-corrected chi connectivity index (χ3v) is 3.84. The van der Waals surface area contributed by atoms with Gasteiger partial charge in [0, 0.05) is 19.2 Å². The van der Waals surface area contributed by atoms with Gasteiger partial charge in [-0.05, 0) is 11.8 Å². The van der Waals surface area contributed by atoms with E-state index in [-0.39, 0.29) is 17.3 Å². The van der Waals surface area contributed by atoms with E-state index in [9.17, 15) is 33.4 Å². The molecule has 0 radical (unpaired) electrons. The highest BCUT2D eigenvalue weighted by molar-refractivity contribution is 7.99. The molecule has 24 heavy (non-hydrogen) atoms. The average molecular weight is 365 g/mol. The molecule has 2 aromatic rings. The molecule has 1 aromatic heterocycles. The number of aromatic nitrogens is 3. The van der Waals surface area contributed by atoms with Crippen molar-refractivity contribution >= 4 is 23.1 Å². The van der Waals surface area contributed by atoms with Crippen LogP contribution in [0.25, 0.3) is 0 Å². The van der Waals surface area contributed by atoms with Crippen LogP contribution in [-0.2, 0) is 13.2 Å². The Morgan fingerprint density at radius 1 is 1.21 bits per heavy atom. The summed E-state index contributed by atoms with van der Waals surface area (Å²) in [6, 6.07) is -0.297. The molecule has 0 amide bonds. The molecule has 2 rings (SSSR count). The first-order valence-electron chi connectivity index (χ1n) is 5.82. The zero-order valence-corrected chi connectivity index (χ0v) is 12.3. The predicted molar refractivity (Wildman–Crippen MR) is 71.5 cm³/mol. The molecule has 0 atom stereocenters. The van der Waals surface area contributed by atoms with E-state index < -0.39 is 43.9 Å². The lowest BCUT2D eigenvalue weighted by molar-refractivity contribution is -0.400. The number of nitrogens with zero attached hydrogens (tertiary/aromatic N) is 5. The number of hydrogen-bond acceptors (Lipinski definition) is 8. The number of benzene rings is 1. The molecule has 0 saturated heterocycles. The Morgan fingerprint density at radius 3 is 2.04 bits per heavy atom. The molecular formula is C10H6F3N5O5S. The third kappa shape index (κ3) is 3.37. The summed E-state index contributed by atoms with van der Waals surface area (Å²) in [5.74, 6) is 0. The molecule has 0 aliphatic carbocycles. The number of nitro benzene ring substituents is 2. The lowest BCUT2D eigenvalue weighted by Crippen LogP contribution is -2.08. The maximum Gasteiger partial charge on any atom is 0.416 e. The van der Waals surface area contributed by atoms with Gasteiger partial charge in [-0.3, -0.25) is 20.2 Å². The molecule has 0 bridgehead atoms. The fraction of sp³-hybridized carbons (Fsp3) is 0.200. The normalized spacial score (nSPS) is 11.5. The van der Waals surface area contributed by atoms with Crippen molar-refractivity contribution in [2.24, 2.45) is 7.05 Å². The lowest BCUT2D eigenvalue weighted by Gasteiger charge is -2.09. The van der Waals surface area contributed by atoms with Crippen molar-refractivity contribution in [3.05, 3.63) is 37.9 Å². The second-order valence-electron chi connectivity index (χ2n) is 4.28. The van der Waals surface area contributed by atoms with Gasteiger partial charge in [-0.1, -0.05) is 0 Å². The fourth-order valence-electron chi connectivity index (χ4n) is 1.68. The molecule has 128 valence electrons. The maximum absolute atomic E-state index is 12.8. The standard InChI is InChI=1S/C10H6F3N5O5S/c1-16-9(14-8(19)15-16)24-7-5(17(20)21)2-4(10(11,12)13)3-6(7)18(22)23/h2-3H,1H3,(H,15,19). The largest absolute Gasteiger partial charge is 0.478 e. The highest BCUT2D eigenvalue weighted by atomic mass is 32.2. The van der Waals surface area contributed by atoms with Gasteiger partial charge in [-0.2, -0.15) is 18.2 Å². The summed E-state index contributed by atoms with van der Waals surface area (Å²) in [4.78, 5) is 22.6. The number of nitro groups is 2. The first-order valence-corrected chi connectivity index (χ1v) is 6.64. The Morgan fingerprint density at radius 2 is 1.71 bits per heavy atom. The Hall–Kier alpha value is -2.90. The first-order chi connectivity index (χ1) is 11.0. The van der Waals surface area contributed by atoms with Crippen molar-refractivity contribution in [2.45, 2.75) is 16.2 Å². The molecule has 0 unspecified atom stereocenters. The summed E-state index contributed by atoms with van der Waals surface area (Å²) < 4.78 is 39.3. The average Bonchev–Trinajstić information content (AvgIpc) is 2.75. The molecule has 1 heterocycles. The highest BCUT2D eigenvalue weighted by Gasteiger charge is 2.38. The predicted octanol–water partition coefficient (Wildman–Crippen LogP) is 2.51. The van der Waals surface area contributed by atoms with Crippen LogP contribution in [0.5, 0.6) is 6.01 Å². The molecule has 1 N–H and O–H groups in total. The minimum Gasteiger partial charge on any atom is -0.478 e. The minimum absolute atomic E-state index is 0.182. The third-order valence-electron chi connectivity index (χ3n) is 2.68. The van der Waals surface area contributed by atoms with E-state index in [0.717, 1.165) is 4.68 Å². The van der Waals surface area contributed by atoms with Gasteiger partial charge in [0.25, 0.3) is 11.4 Å². The minimum atomic E-state index is -5.00. The Balaban J connectivity index is 2.70. The van der Waals surface area contributed by atoms with Gasteiger partial charge in [0.15, 0.2) is 10.1 Å². The van der Waals surface area contributed by atoms with E-state index in [1.807, 2.05) is 0 Å². The lowest BCUT2D eigenvalue weighted by atomic mass is 10.1. The first kappa shape index (κ1) is 17.5. The van der Waals surface area contributed by atoms with Crippen molar-refractivity contribution in [2.75, 3.05) is 0 Å². The van der Waals surface area contributed by atoms with E-state index in [2.05, 4.69) is 10.1 Å². The Bertz CT molecular complexity index is 802. The summed E-state index contributed by atoms with van der Waals surface area (Å²) in [6.07, 6.45) is -5.00. The smallest absolute Gasteiger partial charge is 0.416 e. The van der Waals surface area contributed by atoms with Crippen LogP contribution in [0.3, 0.4) is 0 Å². The van der Waals surface area contributed by atoms with Crippen LogP contribution in [0.1, 0.15) is 5.56 Å². The van der Waals surface area contributed by atoms with Gasteiger partial charge in [-0.25, -0.2) is 4.68 Å². The van der Waals surface area contributed by atoms with Gasteiger partial charge >= 0.3 is 12.2 Å². The van der Waals surface area contributed by atoms with Gasteiger partial charge < -0.3 is 5.11 Å². The zero-order chi connectivity index (χ0) is 18.2. The van der Waals surface area contributed by atoms with Crippen LogP contribution in [0.2, 0.25) is 0 Å². The summed E-state index contributed by atoms with van der Waals surface area (Å²) in [7, 11) is 1.29. The number of hydrogen-bond donors (Lipinski definition) is 1. The van der Waals surface area contributed by atoms with Crippen LogP contribution in [0.4, 0.5) is 24.5 Å². The molecule has 0 fully saturated rings. The van der Waals surface area contributed by atoms with Gasteiger partial charge in [0.2, 0.25) is 0 Å². The van der Waals surface area contributed by atoms with Crippen LogP contribution >= 0.6 is 11.8 Å². The van der Waals surface area contributed by atoms with E-state index in [4.69, 9.17) is 5.11 Å². The molecule has 1 aromatic carbocycles. The quantitative estimate of drug-likeness (QED) is 0.644. The number of alkyl halides is 3. The molecule has 10 nitrogen and oxygen atoms in total. The second-order valence-corrected chi connectivity index (χ2v) is 5.25. The fourth-order valence-corrected chi connectivity index (χ4v) is 2.63. The second kappa shape index (κ2) is 5.95. The zero-order valence-electron chi connectivity index (χ0n) is 11.5. The Kier molecular flexibility index (Phi) is 4.33. The summed E-state index contributed by atoms with van der Waals surface area (Å²) in [6.45, 7) is 0. The number of rotatable bonds is 4. The monoisotopic (exact) mass is 365 g/mol. The highest BCUT2D eigenvalue weighted by Crippen LogP contribution is 2.44. The summed E-state index contributed by atoms with van der Waals surface area (Å²) in [5.41, 5.74) is -3.74. The van der Waals surface area contributed by atoms with Gasteiger partial charge in [0.05, 0.1) is 15.4 Å². The van der Waals surface area contributed by atoms with Crippen molar-refractivity contribution in [3.63, 3.8) is 0 Å². The van der Waals surface area contributed by atoms with Crippen LogP contribution < -0.4 is 0 Å². The molecule has 0 spiro atoms. The van der Waals surface area contributed by atoms with Crippen molar-refractivity contribution in [1.29, 1.82) is 0 Å². The van der Waals surface area contributed by atoms with Crippen molar-refractivity contribution < 1.29 is 28.1 Å². The molecular weight excluding hydrogens is 359 g/mol. The van der Waals surface area contributed by atoms with E-state index in [1.165, 1.54) is 7.05 Å². The number of aromatic hydroxyl groups is 1. The van der Waals surface area contributed by atoms with Gasteiger partial charge in [-0.15, -0.1) is 5.10 Å². The van der Waals surface area contributed by atoms with Crippen LogP contribution in [0, 0.1) is 20.2 Å². The molecule has 0 aliphatic heterocycles.